The minimum atomic E-state index is -0.574. The van der Waals surface area contributed by atoms with Gasteiger partial charge in [0, 0.05) is 23.7 Å². The van der Waals surface area contributed by atoms with Gasteiger partial charge < -0.3 is 10.2 Å². The number of rotatable bonds is 5. The van der Waals surface area contributed by atoms with E-state index >= 15 is 0 Å². The third-order valence-corrected chi connectivity index (χ3v) is 6.96. The molecule has 0 spiro atoms. The van der Waals surface area contributed by atoms with Crippen molar-refractivity contribution in [3.63, 3.8) is 0 Å². The van der Waals surface area contributed by atoms with E-state index in [0.29, 0.717) is 30.0 Å². The third-order valence-electron chi connectivity index (χ3n) is 6.96. The zero-order chi connectivity index (χ0) is 20.7. The fourth-order valence-electron chi connectivity index (χ4n) is 5.36. The summed E-state index contributed by atoms with van der Waals surface area (Å²) in [6.45, 7) is 0. The van der Waals surface area contributed by atoms with Crippen molar-refractivity contribution in [1.29, 1.82) is 5.26 Å². The molecule has 30 heavy (non-hydrogen) atoms. The summed E-state index contributed by atoms with van der Waals surface area (Å²) in [6, 6.07) is 19.4. The topological polar surface area (TPSA) is 73.2 Å². The minimum Gasteiger partial charge on any atom is -0.353 e. The lowest BCUT2D eigenvalue weighted by molar-refractivity contribution is -0.132. The first-order valence-corrected chi connectivity index (χ1v) is 10.8. The number of fused-ring (bicyclic) bond motifs is 2. The fraction of sp³-hybridized carbons (Fsp3) is 0.400. The summed E-state index contributed by atoms with van der Waals surface area (Å²) in [6.07, 6.45) is 5.28. The van der Waals surface area contributed by atoms with Gasteiger partial charge in [-0.15, -0.1) is 0 Å². The summed E-state index contributed by atoms with van der Waals surface area (Å²) in [5.74, 6) is 0.0832. The first-order chi connectivity index (χ1) is 14.6. The molecule has 3 atom stereocenters. The highest BCUT2D eigenvalue weighted by atomic mass is 16.2. The molecule has 5 heteroatoms. The van der Waals surface area contributed by atoms with E-state index in [1.165, 1.54) is 0 Å². The Morgan fingerprint density at radius 2 is 1.77 bits per heavy atom. The highest BCUT2D eigenvalue weighted by Crippen LogP contribution is 2.52. The van der Waals surface area contributed by atoms with E-state index in [1.54, 1.807) is 24.3 Å². The molecule has 2 bridgehead atoms. The van der Waals surface area contributed by atoms with Gasteiger partial charge in [0.1, 0.15) is 0 Å². The molecule has 2 aliphatic heterocycles. The summed E-state index contributed by atoms with van der Waals surface area (Å²) in [7, 11) is 0. The van der Waals surface area contributed by atoms with Crippen LogP contribution in [0.1, 0.15) is 53.6 Å². The Morgan fingerprint density at radius 1 is 1.03 bits per heavy atom. The quantitative estimate of drug-likeness (QED) is 0.837. The van der Waals surface area contributed by atoms with E-state index in [4.69, 9.17) is 5.26 Å². The maximum Gasteiger partial charge on any atom is 0.254 e. The second-order valence-electron chi connectivity index (χ2n) is 8.92. The Bertz CT molecular complexity index is 1010. The normalized spacial score (nSPS) is 27.0. The molecule has 2 aromatic rings. The molecule has 2 aromatic carbocycles. The molecule has 5 rings (SSSR count). The van der Waals surface area contributed by atoms with Gasteiger partial charge in [0.05, 0.1) is 17.0 Å². The van der Waals surface area contributed by atoms with Crippen LogP contribution in [0.15, 0.2) is 54.6 Å². The van der Waals surface area contributed by atoms with E-state index in [0.717, 1.165) is 31.2 Å². The van der Waals surface area contributed by atoms with Gasteiger partial charge in [-0.3, -0.25) is 9.59 Å². The summed E-state index contributed by atoms with van der Waals surface area (Å²) in [5.41, 5.74) is 1.69. The van der Waals surface area contributed by atoms with Crippen molar-refractivity contribution in [2.24, 2.45) is 5.41 Å². The molecular formula is C25H25N3O2. The molecular weight excluding hydrogens is 374 g/mol. The lowest BCUT2D eigenvalue weighted by Crippen LogP contribution is -2.51. The fourth-order valence-corrected chi connectivity index (χ4v) is 5.36. The molecule has 1 aliphatic carbocycles. The molecule has 0 aromatic heterocycles. The molecule has 1 saturated carbocycles. The van der Waals surface area contributed by atoms with Gasteiger partial charge in [-0.2, -0.15) is 5.26 Å². The molecule has 0 unspecified atom stereocenters. The second kappa shape index (κ2) is 7.28. The van der Waals surface area contributed by atoms with Crippen LogP contribution in [-0.4, -0.2) is 34.8 Å². The Morgan fingerprint density at radius 3 is 2.43 bits per heavy atom. The molecule has 1 N–H and O–H groups in total. The van der Waals surface area contributed by atoms with Crippen LogP contribution in [0.2, 0.25) is 0 Å². The third kappa shape index (κ3) is 3.17. The van der Waals surface area contributed by atoms with Gasteiger partial charge >= 0.3 is 0 Å². The monoisotopic (exact) mass is 399 g/mol. The van der Waals surface area contributed by atoms with Gasteiger partial charge in [0.25, 0.3) is 5.91 Å². The Balaban J connectivity index is 1.47. The van der Waals surface area contributed by atoms with Gasteiger partial charge in [0.15, 0.2) is 0 Å². The number of nitrogens with one attached hydrogen (secondary N) is 1. The molecule has 5 nitrogen and oxygen atoms in total. The number of carbonyl (C=O) groups excluding carboxylic acids is 2. The number of carbonyl (C=O) groups is 2. The smallest absolute Gasteiger partial charge is 0.254 e. The van der Waals surface area contributed by atoms with E-state index in [-0.39, 0.29) is 23.9 Å². The lowest BCUT2D eigenvalue weighted by Gasteiger charge is -2.36. The largest absolute Gasteiger partial charge is 0.353 e. The van der Waals surface area contributed by atoms with Gasteiger partial charge in [-0.05, 0) is 68.4 Å². The summed E-state index contributed by atoms with van der Waals surface area (Å²) in [5, 5.41) is 12.3. The number of hydrogen-bond acceptors (Lipinski definition) is 3. The number of benzene rings is 2. The number of amides is 2. The summed E-state index contributed by atoms with van der Waals surface area (Å²) >= 11 is 0. The number of nitrogens with zero attached hydrogens (tertiary/aromatic N) is 2. The van der Waals surface area contributed by atoms with E-state index in [2.05, 4.69) is 23.5 Å². The average molecular weight is 399 g/mol. The maximum absolute atomic E-state index is 13.5. The predicted octanol–water partition coefficient (Wildman–Crippen LogP) is 3.44. The van der Waals surface area contributed by atoms with Crippen LogP contribution in [0.4, 0.5) is 0 Å². The first kappa shape index (κ1) is 18.9. The first-order valence-electron chi connectivity index (χ1n) is 10.8. The van der Waals surface area contributed by atoms with Crippen molar-refractivity contribution in [1.82, 2.24) is 10.2 Å². The number of nitriles is 1. The Hall–Kier alpha value is -3.13. The van der Waals surface area contributed by atoms with Crippen LogP contribution in [0.3, 0.4) is 0 Å². The molecule has 3 fully saturated rings. The van der Waals surface area contributed by atoms with Gasteiger partial charge in [-0.1, -0.05) is 30.3 Å². The highest BCUT2D eigenvalue weighted by Gasteiger charge is 2.61. The van der Waals surface area contributed by atoms with Crippen molar-refractivity contribution >= 4 is 11.8 Å². The molecule has 3 aliphatic rings. The van der Waals surface area contributed by atoms with Gasteiger partial charge in [-0.25, -0.2) is 0 Å². The van der Waals surface area contributed by atoms with Crippen molar-refractivity contribution < 1.29 is 9.59 Å². The molecule has 2 amide bonds. The standard InChI is InChI=1S/C25H25N3O2/c26-16-18-6-8-19(9-7-18)23(29)28-21-12-13-22(28)25(15-21,24(30)27-20-10-11-20)14-17-4-2-1-3-5-17/h1-9,20-22H,10-15H2,(H,27,30)/t21-,22+,25+/m0/s1. The van der Waals surface area contributed by atoms with E-state index in [1.807, 2.05) is 23.1 Å². The zero-order valence-corrected chi connectivity index (χ0v) is 16.9. The summed E-state index contributed by atoms with van der Waals surface area (Å²) in [4.78, 5) is 28.9. The van der Waals surface area contributed by atoms with E-state index in [9.17, 15) is 9.59 Å². The van der Waals surface area contributed by atoms with Crippen LogP contribution in [-0.2, 0) is 11.2 Å². The van der Waals surface area contributed by atoms with Crippen molar-refractivity contribution in [3.05, 3.63) is 71.3 Å². The van der Waals surface area contributed by atoms with Crippen molar-refractivity contribution in [3.8, 4) is 6.07 Å². The number of hydrogen-bond donors (Lipinski definition) is 1. The van der Waals surface area contributed by atoms with Crippen molar-refractivity contribution in [2.45, 2.75) is 56.7 Å². The Kier molecular flexibility index (Phi) is 4.58. The minimum absolute atomic E-state index is 0.0267. The zero-order valence-electron chi connectivity index (χ0n) is 16.9. The summed E-state index contributed by atoms with van der Waals surface area (Å²) < 4.78 is 0. The lowest BCUT2D eigenvalue weighted by atomic mass is 9.69. The maximum atomic E-state index is 13.5. The van der Waals surface area contributed by atoms with E-state index < -0.39 is 5.41 Å². The SMILES string of the molecule is N#Cc1ccc(C(=O)N2[C@H]3CC[C@@H]2[C@](Cc2ccccc2)(C(=O)NC2CC2)C3)cc1. The molecule has 2 saturated heterocycles. The molecule has 0 radical (unpaired) electrons. The van der Waals surface area contributed by atoms with Crippen LogP contribution in [0, 0.1) is 16.7 Å². The highest BCUT2D eigenvalue weighted by molar-refractivity contribution is 5.96. The van der Waals surface area contributed by atoms with Crippen LogP contribution < -0.4 is 5.32 Å². The van der Waals surface area contributed by atoms with Crippen molar-refractivity contribution in [2.75, 3.05) is 0 Å². The van der Waals surface area contributed by atoms with Crippen LogP contribution >= 0.6 is 0 Å². The van der Waals surface area contributed by atoms with Crippen LogP contribution in [0.25, 0.3) is 0 Å². The molecule has 152 valence electrons. The van der Waals surface area contributed by atoms with Crippen LogP contribution in [0.5, 0.6) is 0 Å². The average Bonchev–Trinajstić information content (AvgIpc) is 3.42. The predicted molar refractivity (Wildman–Crippen MR) is 112 cm³/mol. The molecule has 2 heterocycles. The second-order valence-corrected chi connectivity index (χ2v) is 8.92. The van der Waals surface area contributed by atoms with Gasteiger partial charge in [0.2, 0.25) is 5.91 Å². The Labute approximate surface area is 176 Å².